The van der Waals surface area contributed by atoms with Crippen LogP contribution >= 0.6 is 0 Å². The molecule has 32 heavy (non-hydrogen) atoms. The molecule has 3 N–H and O–H groups in total. The molecular formula is C21H21F3N6O2. The molecule has 0 saturated carbocycles. The van der Waals surface area contributed by atoms with E-state index in [0.717, 1.165) is 18.9 Å². The summed E-state index contributed by atoms with van der Waals surface area (Å²) in [6.07, 6.45) is 2.10. The summed E-state index contributed by atoms with van der Waals surface area (Å²) in [5, 5.41) is 2.74. The number of halogens is 3. The minimum atomic E-state index is -4.61. The number of imidazole rings is 1. The summed E-state index contributed by atoms with van der Waals surface area (Å²) in [6.45, 7) is 1.98. The molecule has 1 atom stereocenters. The molecule has 1 aliphatic rings. The molecule has 0 aromatic carbocycles. The van der Waals surface area contributed by atoms with Crippen LogP contribution in [0.3, 0.4) is 0 Å². The summed E-state index contributed by atoms with van der Waals surface area (Å²) in [5.74, 6) is -0.772. The SMILES string of the molecule is CC(=O)N1CCCCC1C(=O)Nc1cn2cc(-c3cnc(N)c(C(F)(F)F)c3)ccc2n1. The minimum Gasteiger partial charge on any atom is -0.383 e. The second kappa shape index (κ2) is 8.13. The van der Waals surface area contributed by atoms with Crippen molar-refractivity contribution in [2.75, 3.05) is 17.6 Å². The molecule has 1 aliphatic heterocycles. The Bertz CT molecular complexity index is 1190. The van der Waals surface area contributed by atoms with E-state index >= 15 is 0 Å². The average Bonchev–Trinajstić information content (AvgIpc) is 3.14. The summed E-state index contributed by atoms with van der Waals surface area (Å²) < 4.78 is 41.1. The molecule has 0 aliphatic carbocycles. The highest BCUT2D eigenvalue weighted by atomic mass is 19.4. The second-order valence-corrected chi connectivity index (χ2v) is 7.68. The van der Waals surface area contributed by atoms with Crippen molar-refractivity contribution < 1.29 is 22.8 Å². The first-order valence-electron chi connectivity index (χ1n) is 10.0. The van der Waals surface area contributed by atoms with E-state index in [1.54, 1.807) is 33.8 Å². The maximum atomic E-state index is 13.2. The van der Waals surface area contributed by atoms with Gasteiger partial charge < -0.3 is 20.4 Å². The first-order chi connectivity index (χ1) is 15.1. The average molecular weight is 446 g/mol. The Kier molecular flexibility index (Phi) is 5.49. The van der Waals surface area contributed by atoms with Crippen molar-refractivity contribution in [3.8, 4) is 11.1 Å². The Balaban J connectivity index is 1.59. The van der Waals surface area contributed by atoms with Crippen molar-refractivity contribution in [3.05, 3.63) is 42.4 Å². The third kappa shape index (κ3) is 4.23. The molecule has 3 aromatic heterocycles. The fourth-order valence-corrected chi connectivity index (χ4v) is 3.87. The molecule has 11 heteroatoms. The number of aromatic nitrogens is 3. The molecule has 168 valence electrons. The van der Waals surface area contributed by atoms with Gasteiger partial charge in [-0.3, -0.25) is 9.59 Å². The number of carbonyl (C=O) groups excluding carboxylic acids is 2. The number of hydrogen-bond acceptors (Lipinski definition) is 5. The summed E-state index contributed by atoms with van der Waals surface area (Å²) >= 11 is 0. The molecule has 1 unspecified atom stereocenters. The van der Waals surface area contributed by atoms with Gasteiger partial charge in [-0.1, -0.05) is 0 Å². The van der Waals surface area contributed by atoms with Crippen LogP contribution in [0, 0.1) is 0 Å². The molecular weight excluding hydrogens is 425 g/mol. The molecule has 2 amide bonds. The maximum Gasteiger partial charge on any atom is 0.419 e. The molecule has 0 spiro atoms. The lowest BCUT2D eigenvalue weighted by Gasteiger charge is -2.33. The van der Waals surface area contributed by atoms with Crippen LogP contribution in [0.25, 0.3) is 16.8 Å². The van der Waals surface area contributed by atoms with Crippen LogP contribution in [0.2, 0.25) is 0 Å². The van der Waals surface area contributed by atoms with Crippen LogP contribution in [-0.4, -0.2) is 43.7 Å². The zero-order valence-electron chi connectivity index (χ0n) is 17.2. The number of piperidine rings is 1. The molecule has 3 aromatic rings. The van der Waals surface area contributed by atoms with Gasteiger partial charge in [0.2, 0.25) is 11.8 Å². The number of likely N-dealkylation sites (tertiary alicyclic amines) is 1. The van der Waals surface area contributed by atoms with E-state index in [1.165, 1.54) is 13.1 Å². The number of nitrogens with one attached hydrogen (secondary N) is 1. The number of pyridine rings is 2. The van der Waals surface area contributed by atoms with Crippen molar-refractivity contribution in [3.63, 3.8) is 0 Å². The highest BCUT2D eigenvalue weighted by Gasteiger charge is 2.34. The topological polar surface area (TPSA) is 106 Å². The molecule has 0 radical (unpaired) electrons. The Hall–Kier alpha value is -3.63. The normalized spacial score (nSPS) is 16.9. The molecule has 4 heterocycles. The number of amides is 2. The first kappa shape index (κ1) is 21.6. The number of anilines is 2. The van der Waals surface area contributed by atoms with E-state index in [0.29, 0.717) is 24.2 Å². The number of fused-ring (bicyclic) bond motifs is 1. The van der Waals surface area contributed by atoms with Crippen LogP contribution in [0.5, 0.6) is 0 Å². The predicted octanol–water partition coefficient (Wildman–Crippen LogP) is 3.34. The van der Waals surface area contributed by atoms with E-state index in [9.17, 15) is 22.8 Å². The summed E-state index contributed by atoms with van der Waals surface area (Å²) in [7, 11) is 0. The zero-order valence-corrected chi connectivity index (χ0v) is 17.2. The van der Waals surface area contributed by atoms with Gasteiger partial charge in [0, 0.05) is 37.0 Å². The van der Waals surface area contributed by atoms with Gasteiger partial charge in [-0.25, -0.2) is 9.97 Å². The van der Waals surface area contributed by atoms with Crippen molar-refractivity contribution in [2.24, 2.45) is 0 Å². The number of rotatable bonds is 3. The predicted molar refractivity (Wildman–Crippen MR) is 111 cm³/mol. The van der Waals surface area contributed by atoms with Crippen LogP contribution in [0.1, 0.15) is 31.7 Å². The largest absolute Gasteiger partial charge is 0.419 e. The summed E-state index contributed by atoms with van der Waals surface area (Å²) in [5.41, 5.74) is 5.58. The fourth-order valence-electron chi connectivity index (χ4n) is 3.87. The quantitative estimate of drug-likeness (QED) is 0.642. The van der Waals surface area contributed by atoms with Gasteiger partial charge in [-0.15, -0.1) is 0 Å². The number of nitrogens with two attached hydrogens (primary N) is 1. The van der Waals surface area contributed by atoms with Gasteiger partial charge in [-0.05, 0) is 37.5 Å². The molecule has 1 saturated heterocycles. The first-order valence-corrected chi connectivity index (χ1v) is 10.0. The molecule has 0 bridgehead atoms. The van der Waals surface area contributed by atoms with Crippen molar-refractivity contribution >= 4 is 29.1 Å². The summed E-state index contributed by atoms with van der Waals surface area (Å²) in [6, 6.07) is 3.63. The summed E-state index contributed by atoms with van der Waals surface area (Å²) in [4.78, 5) is 34.1. The lowest BCUT2D eigenvalue weighted by Crippen LogP contribution is -2.49. The van der Waals surface area contributed by atoms with Crippen molar-refractivity contribution in [2.45, 2.75) is 38.4 Å². The van der Waals surface area contributed by atoms with E-state index in [-0.39, 0.29) is 23.2 Å². The Labute approximate surface area is 181 Å². The molecule has 4 rings (SSSR count). The van der Waals surface area contributed by atoms with Gasteiger partial charge in [0.15, 0.2) is 5.82 Å². The lowest BCUT2D eigenvalue weighted by atomic mass is 10.0. The monoisotopic (exact) mass is 446 g/mol. The van der Waals surface area contributed by atoms with Gasteiger partial charge >= 0.3 is 6.18 Å². The third-order valence-electron chi connectivity index (χ3n) is 5.47. The van der Waals surface area contributed by atoms with Crippen LogP contribution in [0.4, 0.5) is 24.8 Å². The third-order valence-corrected chi connectivity index (χ3v) is 5.47. The van der Waals surface area contributed by atoms with Gasteiger partial charge in [0.25, 0.3) is 0 Å². The minimum absolute atomic E-state index is 0.153. The smallest absolute Gasteiger partial charge is 0.383 e. The number of hydrogen-bond donors (Lipinski definition) is 2. The number of nitrogens with zero attached hydrogens (tertiary/aromatic N) is 4. The zero-order chi connectivity index (χ0) is 23.0. The standard InChI is InChI=1S/C21H21F3N6O2/c1-12(31)30-7-3-2-4-16(30)20(32)28-17-11-29-10-13(5-6-18(29)27-17)14-8-15(21(22,23)24)19(25)26-9-14/h5-6,8-11,16H,2-4,7H2,1H3,(H2,25,26)(H,28,32). The van der Waals surface area contributed by atoms with Gasteiger partial charge in [0.05, 0.1) is 11.8 Å². The van der Waals surface area contributed by atoms with Crippen LogP contribution in [0.15, 0.2) is 36.8 Å². The van der Waals surface area contributed by atoms with Crippen LogP contribution in [-0.2, 0) is 15.8 Å². The molecule has 1 fully saturated rings. The van der Waals surface area contributed by atoms with E-state index in [1.807, 2.05) is 0 Å². The van der Waals surface area contributed by atoms with Crippen molar-refractivity contribution in [1.82, 2.24) is 19.3 Å². The Morgan fingerprint density at radius 3 is 2.69 bits per heavy atom. The second-order valence-electron chi connectivity index (χ2n) is 7.68. The van der Waals surface area contributed by atoms with Crippen molar-refractivity contribution in [1.29, 1.82) is 0 Å². The van der Waals surface area contributed by atoms with E-state index in [4.69, 9.17) is 5.73 Å². The number of carbonyl (C=O) groups is 2. The van der Waals surface area contributed by atoms with E-state index < -0.39 is 23.6 Å². The fraction of sp³-hybridized carbons (Fsp3) is 0.333. The lowest BCUT2D eigenvalue weighted by molar-refractivity contribution is -0.138. The van der Waals surface area contributed by atoms with E-state index in [2.05, 4.69) is 15.3 Å². The Morgan fingerprint density at radius 1 is 1.19 bits per heavy atom. The highest BCUT2D eigenvalue weighted by Crippen LogP contribution is 2.35. The Morgan fingerprint density at radius 2 is 1.97 bits per heavy atom. The number of nitrogen functional groups attached to an aromatic ring is 1. The maximum absolute atomic E-state index is 13.2. The van der Waals surface area contributed by atoms with Gasteiger partial charge in [0.1, 0.15) is 17.5 Å². The number of alkyl halides is 3. The van der Waals surface area contributed by atoms with Gasteiger partial charge in [-0.2, -0.15) is 13.2 Å². The molecule has 8 nitrogen and oxygen atoms in total. The van der Waals surface area contributed by atoms with Crippen LogP contribution < -0.4 is 11.1 Å². The highest BCUT2D eigenvalue weighted by molar-refractivity contribution is 5.96.